The van der Waals surface area contributed by atoms with E-state index in [1.165, 1.54) is 51.4 Å². The van der Waals surface area contributed by atoms with E-state index >= 15 is 0 Å². The zero-order valence-corrected chi connectivity index (χ0v) is 8.52. The molecule has 0 heterocycles. The van der Waals surface area contributed by atoms with E-state index in [1.807, 2.05) is 0 Å². The van der Waals surface area contributed by atoms with Crippen LogP contribution < -0.4 is 11.1 Å². The number of nitrogens with one attached hydrogen (secondary N) is 1. The van der Waals surface area contributed by atoms with E-state index in [0.29, 0.717) is 0 Å². The highest BCUT2D eigenvalue weighted by Gasteiger charge is 2.28. The number of nitrogens with two attached hydrogens (primary N) is 1. The fourth-order valence-electron chi connectivity index (χ4n) is 2.32. The molecule has 0 bridgehead atoms. The van der Waals surface area contributed by atoms with Crippen LogP contribution in [0.3, 0.4) is 0 Å². The Morgan fingerprint density at radius 3 is 2.46 bits per heavy atom. The van der Waals surface area contributed by atoms with Gasteiger partial charge < -0.3 is 11.1 Å². The van der Waals surface area contributed by atoms with Gasteiger partial charge in [0.05, 0.1) is 0 Å². The molecule has 0 radical (unpaired) electrons. The normalized spacial score (nSPS) is 27.5. The van der Waals surface area contributed by atoms with Crippen molar-refractivity contribution in [3.63, 3.8) is 0 Å². The first-order chi connectivity index (χ1) is 6.29. The molecule has 0 aliphatic heterocycles. The minimum atomic E-state index is 0.181. The molecule has 2 fully saturated rings. The third kappa shape index (κ3) is 2.96. The van der Waals surface area contributed by atoms with E-state index < -0.39 is 0 Å². The Hall–Kier alpha value is -0.0800. The maximum atomic E-state index is 6.33. The van der Waals surface area contributed by atoms with Crippen molar-refractivity contribution in [2.45, 2.75) is 62.9 Å². The van der Waals surface area contributed by atoms with Crippen molar-refractivity contribution in [3.05, 3.63) is 0 Å². The number of rotatable bonds is 4. The van der Waals surface area contributed by atoms with Crippen LogP contribution in [-0.4, -0.2) is 18.1 Å². The summed E-state index contributed by atoms with van der Waals surface area (Å²) in [5.41, 5.74) is 6.51. The first kappa shape index (κ1) is 9.47. The van der Waals surface area contributed by atoms with E-state index in [2.05, 4.69) is 5.32 Å². The summed E-state index contributed by atoms with van der Waals surface area (Å²) < 4.78 is 0. The van der Waals surface area contributed by atoms with Crippen LogP contribution >= 0.6 is 0 Å². The van der Waals surface area contributed by atoms with Gasteiger partial charge in [-0.15, -0.1) is 0 Å². The van der Waals surface area contributed by atoms with Crippen LogP contribution in [0.4, 0.5) is 0 Å². The van der Waals surface area contributed by atoms with Gasteiger partial charge in [-0.1, -0.05) is 19.3 Å². The SMILES string of the molecule is NC1(CCNC2CC2)CCCCC1. The smallest absolute Gasteiger partial charge is 0.0166 e. The average Bonchev–Trinajstić information content (AvgIpc) is 2.89. The molecule has 2 nitrogen and oxygen atoms in total. The molecule has 2 saturated carbocycles. The second-order valence-corrected chi connectivity index (χ2v) is 4.90. The van der Waals surface area contributed by atoms with E-state index in [0.717, 1.165) is 12.6 Å². The minimum Gasteiger partial charge on any atom is -0.325 e. The molecule has 0 saturated heterocycles. The van der Waals surface area contributed by atoms with Gasteiger partial charge in [0.25, 0.3) is 0 Å². The van der Waals surface area contributed by atoms with Gasteiger partial charge in [-0.05, 0) is 38.6 Å². The summed E-state index contributed by atoms with van der Waals surface area (Å²) in [5.74, 6) is 0. The molecule has 0 atom stereocenters. The van der Waals surface area contributed by atoms with E-state index in [1.54, 1.807) is 0 Å². The van der Waals surface area contributed by atoms with Crippen LogP contribution in [0.2, 0.25) is 0 Å². The van der Waals surface area contributed by atoms with Gasteiger partial charge in [-0.25, -0.2) is 0 Å². The lowest BCUT2D eigenvalue weighted by Gasteiger charge is -2.33. The molecular weight excluding hydrogens is 160 g/mol. The molecule has 0 spiro atoms. The van der Waals surface area contributed by atoms with Crippen molar-refractivity contribution >= 4 is 0 Å². The van der Waals surface area contributed by atoms with E-state index in [4.69, 9.17) is 5.73 Å². The average molecular weight is 182 g/mol. The molecule has 0 aromatic rings. The summed E-state index contributed by atoms with van der Waals surface area (Å²) in [5, 5.41) is 3.55. The lowest BCUT2D eigenvalue weighted by atomic mass is 9.80. The maximum Gasteiger partial charge on any atom is 0.0166 e. The monoisotopic (exact) mass is 182 g/mol. The minimum absolute atomic E-state index is 0.181. The molecule has 2 aliphatic carbocycles. The van der Waals surface area contributed by atoms with Crippen molar-refractivity contribution < 1.29 is 0 Å². The molecular formula is C11H22N2. The first-order valence-corrected chi connectivity index (χ1v) is 5.81. The Labute approximate surface area is 81.3 Å². The van der Waals surface area contributed by atoms with Crippen LogP contribution in [0.25, 0.3) is 0 Å². The molecule has 13 heavy (non-hydrogen) atoms. The summed E-state index contributed by atoms with van der Waals surface area (Å²) in [6, 6.07) is 0.840. The van der Waals surface area contributed by atoms with Crippen LogP contribution in [0.5, 0.6) is 0 Å². The third-order valence-corrected chi connectivity index (χ3v) is 3.48. The molecule has 2 heteroatoms. The summed E-state index contributed by atoms with van der Waals surface area (Å²) in [7, 11) is 0. The number of hydrogen-bond acceptors (Lipinski definition) is 2. The molecule has 3 N–H and O–H groups in total. The predicted molar refractivity (Wildman–Crippen MR) is 55.6 cm³/mol. The molecule has 0 aromatic carbocycles. The quantitative estimate of drug-likeness (QED) is 0.695. The highest BCUT2D eigenvalue weighted by molar-refractivity contribution is 4.89. The number of hydrogen-bond donors (Lipinski definition) is 2. The van der Waals surface area contributed by atoms with Crippen molar-refractivity contribution in [1.29, 1.82) is 0 Å². The zero-order valence-electron chi connectivity index (χ0n) is 8.52. The van der Waals surface area contributed by atoms with Gasteiger partial charge in [0.2, 0.25) is 0 Å². The van der Waals surface area contributed by atoms with Crippen LogP contribution in [0.15, 0.2) is 0 Å². The Bertz CT molecular complexity index is 157. The molecule has 76 valence electrons. The molecule has 0 aromatic heterocycles. The second-order valence-electron chi connectivity index (χ2n) is 4.90. The van der Waals surface area contributed by atoms with Crippen molar-refractivity contribution in [1.82, 2.24) is 5.32 Å². The second kappa shape index (κ2) is 3.97. The van der Waals surface area contributed by atoms with Gasteiger partial charge in [0.1, 0.15) is 0 Å². The highest BCUT2D eigenvalue weighted by atomic mass is 14.9. The summed E-state index contributed by atoms with van der Waals surface area (Å²) in [6.07, 6.45) is 10.5. The predicted octanol–water partition coefficient (Wildman–Crippen LogP) is 1.79. The zero-order chi connectivity index (χ0) is 9.15. The van der Waals surface area contributed by atoms with Crippen molar-refractivity contribution in [3.8, 4) is 0 Å². The third-order valence-electron chi connectivity index (χ3n) is 3.48. The van der Waals surface area contributed by atoms with Gasteiger partial charge in [-0.2, -0.15) is 0 Å². The van der Waals surface area contributed by atoms with E-state index in [-0.39, 0.29) is 5.54 Å². The van der Waals surface area contributed by atoms with Gasteiger partial charge in [0.15, 0.2) is 0 Å². The van der Waals surface area contributed by atoms with Crippen LogP contribution in [0.1, 0.15) is 51.4 Å². The Morgan fingerprint density at radius 1 is 1.15 bits per heavy atom. The molecule has 0 unspecified atom stereocenters. The van der Waals surface area contributed by atoms with Gasteiger partial charge in [0, 0.05) is 11.6 Å². The molecule has 0 amide bonds. The Morgan fingerprint density at radius 2 is 1.85 bits per heavy atom. The van der Waals surface area contributed by atoms with Crippen molar-refractivity contribution in [2.75, 3.05) is 6.54 Å². The topological polar surface area (TPSA) is 38.0 Å². The Kier molecular flexibility index (Phi) is 2.89. The van der Waals surface area contributed by atoms with Crippen LogP contribution in [-0.2, 0) is 0 Å². The lowest BCUT2D eigenvalue weighted by molar-refractivity contribution is 0.274. The largest absolute Gasteiger partial charge is 0.325 e. The molecule has 2 rings (SSSR count). The Balaban J connectivity index is 1.64. The lowest BCUT2D eigenvalue weighted by Crippen LogP contribution is -2.44. The van der Waals surface area contributed by atoms with Gasteiger partial charge >= 0.3 is 0 Å². The summed E-state index contributed by atoms with van der Waals surface area (Å²) in [6.45, 7) is 1.14. The highest BCUT2D eigenvalue weighted by Crippen LogP contribution is 2.28. The standard InChI is InChI=1S/C11H22N2/c12-11(6-2-1-3-7-11)8-9-13-10-4-5-10/h10,13H,1-9,12H2. The molecule has 2 aliphatic rings. The fourth-order valence-corrected chi connectivity index (χ4v) is 2.32. The first-order valence-electron chi connectivity index (χ1n) is 5.81. The van der Waals surface area contributed by atoms with Gasteiger partial charge in [-0.3, -0.25) is 0 Å². The van der Waals surface area contributed by atoms with Crippen LogP contribution in [0, 0.1) is 0 Å². The summed E-state index contributed by atoms with van der Waals surface area (Å²) in [4.78, 5) is 0. The van der Waals surface area contributed by atoms with E-state index in [9.17, 15) is 0 Å². The summed E-state index contributed by atoms with van der Waals surface area (Å²) >= 11 is 0. The maximum absolute atomic E-state index is 6.33. The van der Waals surface area contributed by atoms with Crippen molar-refractivity contribution in [2.24, 2.45) is 5.73 Å². The fraction of sp³-hybridized carbons (Fsp3) is 1.00.